The van der Waals surface area contributed by atoms with Gasteiger partial charge in [-0.25, -0.2) is 4.79 Å². The molecule has 6 heteroatoms. The number of carboxylic acid groups (broad SMARTS) is 1. The van der Waals surface area contributed by atoms with Crippen molar-refractivity contribution in [1.29, 1.82) is 0 Å². The quantitative estimate of drug-likeness (QED) is 0.795. The first-order chi connectivity index (χ1) is 7.99. The predicted octanol–water partition coefficient (Wildman–Crippen LogP) is 1.69. The van der Waals surface area contributed by atoms with Gasteiger partial charge in [-0.2, -0.15) is 0 Å². The smallest absolute Gasteiger partial charge is 0.336 e. The van der Waals surface area contributed by atoms with E-state index >= 15 is 0 Å². The van der Waals surface area contributed by atoms with E-state index in [9.17, 15) is 9.00 Å². The molecule has 0 radical (unpaired) electrons. The molecule has 2 unspecified atom stereocenters. The van der Waals surface area contributed by atoms with Gasteiger partial charge in [0, 0.05) is 45.7 Å². The predicted molar refractivity (Wildman–Crippen MR) is 71.1 cm³/mol. The summed E-state index contributed by atoms with van der Waals surface area (Å²) in [4.78, 5) is 11.7. The zero-order chi connectivity index (χ0) is 12.8. The molecule has 96 valence electrons. The molecule has 0 fully saturated rings. The second kappa shape index (κ2) is 6.88. The van der Waals surface area contributed by atoms with Gasteiger partial charge in [0.1, 0.15) is 0 Å². The third-order valence-corrected chi connectivity index (χ3v) is 4.11. The second-order valence-corrected chi connectivity index (χ2v) is 6.51. The van der Waals surface area contributed by atoms with Crippen molar-refractivity contribution < 1.29 is 14.1 Å². The van der Waals surface area contributed by atoms with Crippen LogP contribution in [0.1, 0.15) is 28.6 Å². The summed E-state index contributed by atoms with van der Waals surface area (Å²) in [6.07, 6.45) is 2.56. The Morgan fingerprint density at radius 3 is 2.88 bits per heavy atom. The Kier molecular flexibility index (Phi) is 5.80. The standard InChI is InChI=1S/C11H17NO3S2/c1-8(3-4-17(2)15)12-6-10-5-9(7-16-10)11(13)14/h5,7-8,12H,3-4,6H2,1-2H3,(H,13,14). The average Bonchev–Trinajstić information content (AvgIpc) is 2.72. The molecule has 1 aromatic heterocycles. The van der Waals surface area contributed by atoms with Crippen LogP contribution in [-0.2, 0) is 17.3 Å². The Morgan fingerprint density at radius 1 is 1.65 bits per heavy atom. The molecule has 17 heavy (non-hydrogen) atoms. The summed E-state index contributed by atoms with van der Waals surface area (Å²) in [5.74, 6) is -0.194. The van der Waals surface area contributed by atoms with Crippen LogP contribution in [0.15, 0.2) is 11.4 Å². The maximum atomic E-state index is 10.9. The Balaban J connectivity index is 2.34. The molecule has 0 aliphatic rings. The molecule has 1 rings (SSSR count). The van der Waals surface area contributed by atoms with Crippen molar-refractivity contribution in [3.8, 4) is 0 Å². The van der Waals surface area contributed by atoms with Crippen LogP contribution in [0.4, 0.5) is 0 Å². The summed E-state index contributed by atoms with van der Waals surface area (Å²) in [6.45, 7) is 2.70. The van der Waals surface area contributed by atoms with Gasteiger partial charge in [-0.1, -0.05) is 0 Å². The second-order valence-electron chi connectivity index (χ2n) is 3.95. The highest BCUT2D eigenvalue weighted by Gasteiger charge is 2.07. The molecule has 0 saturated heterocycles. The molecule has 0 aromatic carbocycles. The van der Waals surface area contributed by atoms with Crippen molar-refractivity contribution in [1.82, 2.24) is 5.32 Å². The van der Waals surface area contributed by atoms with Crippen molar-refractivity contribution in [2.75, 3.05) is 12.0 Å². The summed E-state index contributed by atoms with van der Waals surface area (Å²) in [5.41, 5.74) is 0.342. The average molecular weight is 275 g/mol. The molecule has 0 spiro atoms. The summed E-state index contributed by atoms with van der Waals surface area (Å²) in [7, 11) is -0.751. The number of hydrogen-bond acceptors (Lipinski definition) is 4. The molecule has 0 amide bonds. The van der Waals surface area contributed by atoms with Gasteiger partial charge in [-0.05, 0) is 19.4 Å². The molecular weight excluding hydrogens is 258 g/mol. The summed E-state index contributed by atoms with van der Waals surface area (Å²) >= 11 is 1.44. The van der Waals surface area contributed by atoms with E-state index in [0.29, 0.717) is 17.9 Å². The highest BCUT2D eigenvalue weighted by molar-refractivity contribution is 7.84. The fraction of sp³-hybridized carbons (Fsp3) is 0.545. The van der Waals surface area contributed by atoms with E-state index in [1.807, 2.05) is 6.92 Å². The largest absolute Gasteiger partial charge is 0.478 e. The lowest BCUT2D eigenvalue weighted by Gasteiger charge is -2.11. The van der Waals surface area contributed by atoms with E-state index in [1.54, 1.807) is 17.7 Å². The molecule has 0 bridgehead atoms. The minimum atomic E-state index is -0.887. The first-order valence-corrected chi connectivity index (χ1v) is 7.94. The van der Waals surface area contributed by atoms with Crippen molar-refractivity contribution in [3.63, 3.8) is 0 Å². The minimum absolute atomic E-state index is 0.286. The van der Waals surface area contributed by atoms with Crippen molar-refractivity contribution >= 4 is 28.1 Å². The van der Waals surface area contributed by atoms with E-state index in [-0.39, 0.29) is 6.04 Å². The molecular formula is C11H17NO3S2. The first-order valence-electron chi connectivity index (χ1n) is 5.33. The number of hydrogen-bond donors (Lipinski definition) is 2. The number of aromatic carboxylic acids is 1. The molecule has 2 N–H and O–H groups in total. The van der Waals surface area contributed by atoms with Crippen molar-refractivity contribution in [2.24, 2.45) is 0 Å². The monoisotopic (exact) mass is 275 g/mol. The lowest BCUT2D eigenvalue weighted by atomic mass is 10.2. The Bertz CT molecular complexity index is 403. The van der Waals surface area contributed by atoms with Gasteiger partial charge in [-0.3, -0.25) is 4.21 Å². The maximum absolute atomic E-state index is 10.9. The van der Waals surface area contributed by atoms with Crippen LogP contribution in [0, 0.1) is 0 Å². The molecule has 1 aromatic rings. The van der Waals surface area contributed by atoms with Gasteiger partial charge in [0.05, 0.1) is 5.56 Å². The van der Waals surface area contributed by atoms with Crippen LogP contribution in [0.2, 0.25) is 0 Å². The fourth-order valence-corrected chi connectivity index (χ4v) is 2.80. The molecule has 4 nitrogen and oxygen atoms in total. The number of carboxylic acids is 1. The normalized spacial score (nSPS) is 14.5. The Morgan fingerprint density at radius 2 is 2.35 bits per heavy atom. The van der Waals surface area contributed by atoms with Gasteiger partial charge in [-0.15, -0.1) is 11.3 Å². The molecule has 0 saturated carbocycles. The fourth-order valence-electron chi connectivity index (χ4n) is 1.31. The number of nitrogens with one attached hydrogen (secondary N) is 1. The first kappa shape index (κ1) is 14.3. The Hall–Kier alpha value is -0.720. The van der Waals surface area contributed by atoms with Crippen LogP contribution in [0.25, 0.3) is 0 Å². The highest BCUT2D eigenvalue weighted by Crippen LogP contribution is 2.14. The lowest BCUT2D eigenvalue weighted by molar-refractivity contribution is 0.0697. The van der Waals surface area contributed by atoms with Gasteiger partial charge < -0.3 is 10.4 Å². The molecule has 2 atom stereocenters. The Labute approximate surface area is 108 Å². The van der Waals surface area contributed by atoms with Crippen LogP contribution in [0.5, 0.6) is 0 Å². The van der Waals surface area contributed by atoms with E-state index < -0.39 is 16.8 Å². The minimum Gasteiger partial charge on any atom is -0.478 e. The van der Waals surface area contributed by atoms with Crippen LogP contribution < -0.4 is 5.32 Å². The topological polar surface area (TPSA) is 66.4 Å². The number of rotatable bonds is 7. The highest BCUT2D eigenvalue weighted by atomic mass is 32.2. The van der Waals surface area contributed by atoms with Crippen LogP contribution >= 0.6 is 11.3 Å². The van der Waals surface area contributed by atoms with Gasteiger partial charge >= 0.3 is 5.97 Å². The SMILES string of the molecule is CC(CCS(C)=O)NCc1cc(C(=O)O)cs1. The summed E-state index contributed by atoms with van der Waals surface area (Å²) in [6, 6.07) is 1.97. The molecule has 0 aliphatic carbocycles. The maximum Gasteiger partial charge on any atom is 0.336 e. The number of carbonyl (C=O) groups is 1. The van der Waals surface area contributed by atoms with E-state index in [1.165, 1.54) is 11.3 Å². The van der Waals surface area contributed by atoms with Crippen molar-refractivity contribution in [3.05, 3.63) is 21.9 Å². The molecule has 1 heterocycles. The van der Waals surface area contributed by atoms with Crippen molar-refractivity contribution in [2.45, 2.75) is 25.9 Å². The summed E-state index contributed by atoms with van der Waals surface area (Å²) in [5, 5.41) is 13.7. The number of thiophene rings is 1. The van der Waals surface area contributed by atoms with Gasteiger partial charge in [0.15, 0.2) is 0 Å². The van der Waals surface area contributed by atoms with Gasteiger partial charge in [0.25, 0.3) is 0 Å². The van der Waals surface area contributed by atoms with E-state index in [2.05, 4.69) is 5.32 Å². The summed E-state index contributed by atoms with van der Waals surface area (Å²) < 4.78 is 10.9. The third-order valence-electron chi connectivity index (χ3n) is 2.36. The van der Waals surface area contributed by atoms with E-state index in [0.717, 1.165) is 11.3 Å². The van der Waals surface area contributed by atoms with Crippen LogP contribution in [0.3, 0.4) is 0 Å². The lowest BCUT2D eigenvalue weighted by Crippen LogP contribution is -2.26. The zero-order valence-electron chi connectivity index (χ0n) is 9.93. The van der Waals surface area contributed by atoms with Gasteiger partial charge in [0.2, 0.25) is 0 Å². The third kappa shape index (κ3) is 5.43. The zero-order valence-corrected chi connectivity index (χ0v) is 11.6. The van der Waals surface area contributed by atoms with Crippen LogP contribution in [-0.4, -0.2) is 33.3 Å². The molecule has 0 aliphatic heterocycles. The van der Waals surface area contributed by atoms with E-state index in [4.69, 9.17) is 5.11 Å².